The summed E-state index contributed by atoms with van der Waals surface area (Å²) in [4.78, 5) is 28.2. The summed E-state index contributed by atoms with van der Waals surface area (Å²) in [6.07, 6.45) is 0.605. The molecule has 0 spiro atoms. The number of hydrogen-bond acceptors (Lipinski definition) is 11. The third-order valence-electron chi connectivity index (χ3n) is 9.05. The molecule has 0 bridgehead atoms. The summed E-state index contributed by atoms with van der Waals surface area (Å²) in [5.41, 5.74) is 3.43. The Morgan fingerprint density at radius 2 is 1.50 bits per heavy atom. The van der Waals surface area contributed by atoms with E-state index in [1.807, 2.05) is 19.9 Å². The third-order valence-corrected chi connectivity index (χ3v) is 9.05. The highest BCUT2D eigenvalue weighted by atomic mass is 16.8. The van der Waals surface area contributed by atoms with Crippen molar-refractivity contribution in [3.05, 3.63) is 50.7 Å². The fourth-order valence-electron chi connectivity index (χ4n) is 7.36. The Kier molecular flexibility index (Phi) is 7.09. The van der Waals surface area contributed by atoms with Crippen LogP contribution in [-0.4, -0.2) is 53.4 Å². The first-order chi connectivity index (χ1) is 22.1. The number of methoxy groups -OCH3 is 5. The van der Waals surface area contributed by atoms with Crippen molar-refractivity contribution in [1.82, 2.24) is 0 Å². The van der Waals surface area contributed by atoms with Gasteiger partial charge in [-0.05, 0) is 43.5 Å². The summed E-state index contributed by atoms with van der Waals surface area (Å²) in [5, 5.41) is 0.290. The maximum Gasteiger partial charge on any atom is 0.342 e. The second-order valence-electron chi connectivity index (χ2n) is 12.1. The average Bonchev–Trinajstić information content (AvgIpc) is 3.37. The zero-order valence-corrected chi connectivity index (χ0v) is 27.1. The number of hydrogen-bond donors (Lipinski definition) is 0. The van der Waals surface area contributed by atoms with Crippen molar-refractivity contribution in [3.8, 4) is 39.9 Å². The van der Waals surface area contributed by atoms with E-state index < -0.39 is 29.4 Å². The van der Waals surface area contributed by atoms with Crippen LogP contribution in [0, 0.1) is 0 Å². The summed E-state index contributed by atoms with van der Waals surface area (Å²) in [6.45, 7) is 5.74. The standard InChI is InChI=1S/C35H36O11/c1-9-10-16-13-15-14-17-21(29(40-6)20(15)34(37)43-16)23-24(33-27(17)45-35(2,3)46-33)31(42-8)32-25(30(23)41-7)26(36)22-18(44-32)11-12-19(38-4)28(22)39-5/h11-12,14,16,27,33H,9-10,13H2,1-8H3/t16-,27+,33+/m1/s1. The Bertz CT molecular complexity index is 1990. The molecule has 1 aromatic heterocycles. The van der Waals surface area contributed by atoms with E-state index in [0.29, 0.717) is 40.2 Å². The molecule has 11 heteroatoms. The maximum absolute atomic E-state index is 14.6. The Morgan fingerprint density at radius 3 is 2.15 bits per heavy atom. The van der Waals surface area contributed by atoms with Crippen molar-refractivity contribution in [2.75, 3.05) is 35.5 Å². The summed E-state index contributed by atoms with van der Waals surface area (Å²) in [7, 11) is 7.44. The number of rotatable bonds is 7. The van der Waals surface area contributed by atoms with E-state index >= 15 is 0 Å². The van der Waals surface area contributed by atoms with Gasteiger partial charge in [0, 0.05) is 23.1 Å². The molecule has 46 heavy (non-hydrogen) atoms. The van der Waals surface area contributed by atoms with Crippen LogP contribution >= 0.6 is 0 Å². The van der Waals surface area contributed by atoms with E-state index in [0.717, 1.165) is 24.0 Å². The average molecular weight is 633 g/mol. The van der Waals surface area contributed by atoms with E-state index in [-0.39, 0.29) is 45.3 Å². The van der Waals surface area contributed by atoms with Gasteiger partial charge in [0.15, 0.2) is 28.6 Å². The molecule has 3 heterocycles. The SMILES string of the molecule is CCC[C@@H]1Cc2cc3c(c(OC)c2C(=O)O1)-c1c(c(OC)c2oc4ccc(OC)c(OC)c4c(=O)c2c1OC)[C@@H]1OC(C)(C)O[C@@H]31. The molecule has 0 N–H and O–H groups in total. The van der Waals surface area contributed by atoms with Crippen LogP contribution in [0.5, 0.6) is 28.7 Å². The van der Waals surface area contributed by atoms with Crippen LogP contribution in [0.3, 0.4) is 0 Å². The van der Waals surface area contributed by atoms with Gasteiger partial charge >= 0.3 is 5.97 Å². The number of carbonyl (C=O) groups is 1. The largest absolute Gasteiger partial charge is 0.495 e. The van der Waals surface area contributed by atoms with Crippen molar-refractivity contribution in [2.24, 2.45) is 0 Å². The minimum atomic E-state index is -0.984. The van der Waals surface area contributed by atoms with Crippen molar-refractivity contribution in [1.29, 1.82) is 0 Å². The van der Waals surface area contributed by atoms with Crippen LogP contribution in [0.15, 0.2) is 27.4 Å². The zero-order chi connectivity index (χ0) is 32.7. The van der Waals surface area contributed by atoms with Gasteiger partial charge in [-0.2, -0.15) is 0 Å². The van der Waals surface area contributed by atoms with Gasteiger partial charge in [0.05, 0.1) is 35.5 Å². The van der Waals surface area contributed by atoms with Crippen molar-refractivity contribution in [2.45, 2.75) is 64.1 Å². The van der Waals surface area contributed by atoms with Gasteiger partial charge in [-0.1, -0.05) is 19.4 Å². The number of benzene rings is 3. The molecule has 0 amide bonds. The first kappa shape index (κ1) is 30.2. The molecule has 1 saturated heterocycles. The van der Waals surface area contributed by atoms with E-state index in [1.165, 1.54) is 35.5 Å². The van der Waals surface area contributed by atoms with Gasteiger partial charge < -0.3 is 42.3 Å². The number of carbonyl (C=O) groups excluding carboxylic acids is 1. The topological polar surface area (TPSA) is 121 Å². The number of esters is 1. The van der Waals surface area contributed by atoms with Gasteiger partial charge in [0.25, 0.3) is 0 Å². The van der Waals surface area contributed by atoms with Crippen LogP contribution in [0.4, 0.5) is 0 Å². The first-order valence-electron chi connectivity index (χ1n) is 15.2. The zero-order valence-electron chi connectivity index (χ0n) is 27.1. The summed E-state index contributed by atoms with van der Waals surface area (Å²) < 4.78 is 54.7. The minimum Gasteiger partial charge on any atom is -0.495 e. The molecular formula is C35H36O11. The van der Waals surface area contributed by atoms with Crippen LogP contribution < -0.4 is 29.1 Å². The number of ether oxygens (including phenoxy) is 8. The Morgan fingerprint density at radius 1 is 0.804 bits per heavy atom. The molecule has 242 valence electrons. The Labute approximate surface area is 265 Å². The van der Waals surface area contributed by atoms with Crippen molar-refractivity contribution in [3.63, 3.8) is 0 Å². The predicted molar refractivity (Wildman–Crippen MR) is 168 cm³/mol. The highest BCUT2D eigenvalue weighted by Crippen LogP contribution is 2.63. The lowest BCUT2D eigenvalue weighted by Gasteiger charge is -2.35. The van der Waals surface area contributed by atoms with Gasteiger partial charge in [-0.3, -0.25) is 4.79 Å². The number of fused-ring (bicyclic) bond motifs is 9. The predicted octanol–water partition coefficient (Wildman–Crippen LogP) is 6.42. The van der Waals surface area contributed by atoms with Crippen molar-refractivity contribution < 1.29 is 47.1 Å². The van der Waals surface area contributed by atoms with E-state index in [2.05, 4.69) is 6.92 Å². The molecule has 2 aliphatic heterocycles. The van der Waals surface area contributed by atoms with Gasteiger partial charge in [0.2, 0.25) is 5.43 Å². The summed E-state index contributed by atoms with van der Waals surface area (Å²) in [6, 6.07) is 5.29. The molecule has 3 aromatic carbocycles. The van der Waals surface area contributed by atoms with Crippen LogP contribution in [0.2, 0.25) is 0 Å². The van der Waals surface area contributed by atoms with Crippen LogP contribution in [0.1, 0.15) is 72.9 Å². The fourth-order valence-corrected chi connectivity index (χ4v) is 7.36. The number of cyclic esters (lactones) is 1. The fraction of sp³-hybridized carbons (Fsp3) is 0.429. The molecule has 1 aliphatic carbocycles. The normalized spacial score (nSPS) is 20.8. The second kappa shape index (κ2) is 10.8. The molecule has 0 saturated carbocycles. The highest BCUT2D eigenvalue weighted by Gasteiger charge is 2.52. The molecule has 7 rings (SSSR count). The van der Waals surface area contributed by atoms with Crippen molar-refractivity contribution >= 4 is 27.9 Å². The minimum absolute atomic E-state index is 0.116. The molecule has 0 radical (unpaired) electrons. The quantitative estimate of drug-likeness (QED) is 0.166. The highest BCUT2D eigenvalue weighted by molar-refractivity contribution is 6.07. The molecule has 11 nitrogen and oxygen atoms in total. The molecule has 4 aromatic rings. The van der Waals surface area contributed by atoms with E-state index in [9.17, 15) is 9.59 Å². The molecule has 3 atom stereocenters. The smallest absolute Gasteiger partial charge is 0.342 e. The Hall–Kier alpha value is -4.48. The second-order valence-corrected chi connectivity index (χ2v) is 12.1. The summed E-state index contributed by atoms with van der Waals surface area (Å²) >= 11 is 0. The lowest BCUT2D eigenvalue weighted by molar-refractivity contribution is -0.147. The maximum atomic E-state index is 14.6. The monoisotopic (exact) mass is 632 g/mol. The Balaban J connectivity index is 1.67. The lowest BCUT2D eigenvalue weighted by Crippen LogP contribution is -2.29. The third kappa shape index (κ3) is 4.10. The van der Waals surface area contributed by atoms with E-state index in [4.69, 9.17) is 42.3 Å². The molecule has 3 aliphatic rings. The first-order valence-corrected chi connectivity index (χ1v) is 15.2. The molecular weight excluding hydrogens is 596 g/mol. The van der Waals surface area contributed by atoms with Crippen LogP contribution in [0.25, 0.3) is 33.1 Å². The summed E-state index contributed by atoms with van der Waals surface area (Å²) in [5.74, 6) is -0.101. The van der Waals surface area contributed by atoms with Crippen LogP contribution in [-0.2, 0) is 20.6 Å². The molecule has 0 unspecified atom stereocenters. The van der Waals surface area contributed by atoms with E-state index in [1.54, 1.807) is 12.1 Å². The lowest BCUT2D eigenvalue weighted by atomic mass is 9.76. The van der Waals surface area contributed by atoms with Gasteiger partial charge in [-0.25, -0.2) is 4.79 Å². The van der Waals surface area contributed by atoms with Gasteiger partial charge in [0.1, 0.15) is 51.7 Å². The molecule has 1 fully saturated rings. The van der Waals surface area contributed by atoms with Gasteiger partial charge in [-0.15, -0.1) is 0 Å².